The normalized spacial score (nSPS) is 30.7. The Bertz CT molecular complexity index is 211. The molecule has 61 valence electrons. The first-order valence-electron chi connectivity index (χ1n) is 4.21. The molecule has 0 aromatic heterocycles. The second kappa shape index (κ2) is 6.41. The quantitative estimate of drug-likeness (QED) is 0.473. The summed E-state index contributed by atoms with van der Waals surface area (Å²) in [5, 5.41) is 0. The van der Waals surface area contributed by atoms with E-state index in [2.05, 4.69) is 30.4 Å². The van der Waals surface area contributed by atoms with Crippen LogP contribution in [0.4, 0.5) is 0 Å². The highest BCUT2D eigenvalue weighted by Crippen LogP contribution is 1.93. The van der Waals surface area contributed by atoms with E-state index in [-0.39, 0.29) is 0 Å². The van der Waals surface area contributed by atoms with Crippen molar-refractivity contribution in [3.63, 3.8) is 0 Å². The molecule has 0 spiro atoms. The van der Waals surface area contributed by atoms with Crippen LogP contribution in [0.5, 0.6) is 0 Å². The Labute approximate surface area is 74.3 Å². The summed E-state index contributed by atoms with van der Waals surface area (Å²) in [7, 11) is 0. The van der Waals surface area contributed by atoms with Crippen molar-refractivity contribution in [1.82, 2.24) is 0 Å². The van der Waals surface area contributed by atoms with Crippen molar-refractivity contribution >= 4 is 0 Å². The molecule has 0 N–H and O–H groups in total. The summed E-state index contributed by atoms with van der Waals surface area (Å²) >= 11 is 0. The van der Waals surface area contributed by atoms with Crippen LogP contribution in [0.25, 0.3) is 0 Å². The molecule has 12 heavy (non-hydrogen) atoms. The predicted octanol–water partition coefficient (Wildman–Crippen LogP) is 3.36. The van der Waals surface area contributed by atoms with Gasteiger partial charge >= 0.3 is 0 Å². The fourth-order valence-electron chi connectivity index (χ4n) is 0.872. The minimum atomic E-state index is 0.974. The van der Waals surface area contributed by atoms with Crippen LogP contribution in [-0.4, -0.2) is 0 Å². The molecule has 0 heteroatoms. The van der Waals surface area contributed by atoms with E-state index in [4.69, 9.17) is 0 Å². The summed E-state index contributed by atoms with van der Waals surface area (Å²) in [5.74, 6) is 0. The zero-order valence-corrected chi connectivity index (χ0v) is 7.11. The van der Waals surface area contributed by atoms with Crippen LogP contribution in [-0.2, 0) is 0 Å². The Balaban J connectivity index is 2.55. The minimum Gasteiger partial charge on any atom is -0.0844 e. The van der Waals surface area contributed by atoms with Crippen LogP contribution in [0.3, 0.4) is 0 Å². The van der Waals surface area contributed by atoms with Gasteiger partial charge in [-0.1, -0.05) is 54.7 Å². The first-order chi connectivity index (χ1) is 6.00. The van der Waals surface area contributed by atoms with Gasteiger partial charge in [-0.15, -0.1) is 0 Å². The van der Waals surface area contributed by atoms with Gasteiger partial charge in [0.05, 0.1) is 0 Å². The third-order valence-corrected chi connectivity index (χ3v) is 1.47. The van der Waals surface area contributed by atoms with Crippen molar-refractivity contribution in [2.24, 2.45) is 0 Å². The van der Waals surface area contributed by atoms with Crippen LogP contribution in [0, 0.1) is 6.08 Å². The molecular formula is C12H13. The van der Waals surface area contributed by atoms with Crippen molar-refractivity contribution in [2.45, 2.75) is 12.8 Å². The van der Waals surface area contributed by atoms with Crippen molar-refractivity contribution < 1.29 is 0 Å². The SMILES string of the molecule is [C]1=C\C/C=C\C\C=C/C=C/C=C\1. The van der Waals surface area contributed by atoms with Gasteiger partial charge in [0, 0.05) is 0 Å². The molecule has 0 atom stereocenters. The highest BCUT2D eigenvalue weighted by molar-refractivity contribution is 5.14. The van der Waals surface area contributed by atoms with Gasteiger partial charge in [0.25, 0.3) is 0 Å². The average Bonchev–Trinajstić information content (AvgIpc) is 2.05. The van der Waals surface area contributed by atoms with Gasteiger partial charge in [0.1, 0.15) is 0 Å². The lowest BCUT2D eigenvalue weighted by Crippen LogP contribution is -1.62. The van der Waals surface area contributed by atoms with E-state index in [0.29, 0.717) is 0 Å². The molecule has 0 bridgehead atoms. The van der Waals surface area contributed by atoms with Gasteiger partial charge in [-0.2, -0.15) is 0 Å². The first kappa shape index (κ1) is 8.79. The first-order valence-corrected chi connectivity index (χ1v) is 4.21. The molecule has 0 aliphatic heterocycles. The van der Waals surface area contributed by atoms with E-state index >= 15 is 0 Å². The van der Waals surface area contributed by atoms with Crippen molar-refractivity contribution in [3.05, 3.63) is 60.8 Å². The van der Waals surface area contributed by atoms with Gasteiger partial charge in [0.2, 0.25) is 0 Å². The topological polar surface area (TPSA) is 0 Å². The molecule has 0 fully saturated rings. The number of hydrogen-bond donors (Lipinski definition) is 0. The van der Waals surface area contributed by atoms with Crippen LogP contribution in [0.1, 0.15) is 12.8 Å². The average molecular weight is 157 g/mol. The van der Waals surface area contributed by atoms with Crippen molar-refractivity contribution in [1.29, 1.82) is 0 Å². The molecule has 0 aromatic carbocycles. The maximum Gasteiger partial charge on any atom is -0.0160 e. The van der Waals surface area contributed by atoms with Crippen LogP contribution in [0.2, 0.25) is 0 Å². The van der Waals surface area contributed by atoms with Crippen LogP contribution < -0.4 is 0 Å². The lowest BCUT2D eigenvalue weighted by Gasteiger charge is -1.83. The molecule has 1 radical (unpaired) electrons. The molecule has 0 aromatic rings. The van der Waals surface area contributed by atoms with Gasteiger partial charge in [-0.05, 0) is 18.9 Å². The molecule has 0 heterocycles. The summed E-state index contributed by atoms with van der Waals surface area (Å²) < 4.78 is 0. The molecule has 1 aliphatic carbocycles. The fourth-order valence-corrected chi connectivity index (χ4v) is 0.872. The smallest absolute Gasteiger partial charge is 0.0160 e. The Kier molecular flexibility index (Phi) is 4.70. The Morgan fingerprint density at radius 3 is 2.58 bits per heavy atom. The highest BCUT2D eigenvalue weighted by Gasteiger charge is 1.72. The lowest BCUT2D eigenvalue weighted by molar-refractivity contribution is 1.30. The predicted molar refractivity (Wildman–Crippen MR) is 53.6 cm³/mol. The third kappa shape index (κ3) is 4.51. The molecular weight excluding hydrogens is 144 g/mol. The third-order valence-electron chi connectivity index (χ3n) is 1.47. The van der Waals surface area contributed by atoms with Gasteiger partial charge in [0.15, 0.2) is 0 Å². The largest absolute Gasteiger partial charge is 0.0844 e. The molecule has 1 aliphatic rings. The van der Waals surface area contributed by atoms with Gasteiger partial charge < -0.3 is 0 Å². The van der Waals surface area contributed by atoms with E-state index in [1.54, 1.807) is 0 Å². The standard InChI is InChI=1S/C12H13/c1-2-4-6-8-10-12-11-9-7-5-3-1/h1-6,9-11H,7,12H2/b2-1+,5-3-,6-4-,10-8?,11-9-. The van der Waals surface area contributed by atoms with E-state index < -0.39 is 0 Å². The molecule has 1 rings (SSSR count). The maximum atomic E-state index is 3.07. The van der Waals surface area contributed by atoms with Crippen LogP contribution >= 0.6 is 0 Å². The molecule has 0 unspecified atom stereocenters. The van der Waals surface area contributed by atoms with Crippen molar-refractivity contribution in [3.8, 4) is 0 Å². The monoisotopic (exact) mass is 157 g/mol. The van der Waals surface area contributed by atoms with Gasteiger partial charge in [-0.3, -0.25) is 0 Å². The zero-order valence-electron chi connectivity index (χ0n) is 7.11. The number of allylic oxidation sites excluding steroid dienone is 10. The Morgan fingerprint density at radius 2 is 1.58 bits per heavy atom. The summed E-state index contributed by atoms with van der Waals surface area (Å²) in [4.78, 5) is 0. The Morgan fingerprint density at radius 1 is 0.750 bits per heavy atom. The molecule has 0 amide bonds. The Hall–Kier alpha value is -1.30. The second-order valence-electron chi connectivity index (χ2n) is 2.49. The number of hydrogen-bond acceptors (Lipinski definition) is 0. The molecule has 0 saturated heterocycles. The summed E-state index contributed by atoms with van der Waals surface area (Å²) in [6.45, 7) is 0. The number of rotatable bonds is 0. The summed E-state index contributed by atoms with van der Waals surface area (Å²) in [6, 6.07) is 0. The van der Waals surface area contributed by atoms with E-state index in [9.17, 15) is 0 Å². The summed E-state index contributed by atoms with van der Waals surface area (Å²) in [5.41, 5.74) is 0. The van der Waals surface area contributed by atoms with E-state index in [0.717, 1.165) is 12.8 Å². The minimum absolute atomic E-state index is 0.974. The molecule has 0 nitrogen and oxygen atoms in total. The van der Waals surface area contributed by atoms with Crippen molar-refractivity contribution in [2.75, 3.05) is 0 Å². The maximum absolute atomic E-state index is 3.07. The van der Waals surface area contributed by atoms with Crippen LogP contribution in [0.15, 0.2) is 54.7 Å². The highest BCUT2D eigenvalue weighted by atomic mass is 13.8. The van der Waals surface area contributed by atoms with E-state index in [1.165, 1.54) is 0 Å². The van der Waals surface area contributed by atoms with E-state index in [1.807, 2.05) is 30.4 Å². The summed E-state index contributed by atoms with van der Waals surface area (Å²) in [6.07, 6.45) is 23.5. The molecule has 0 saturated carbocycles. The van der Waals surface area contributed by atoms with Gasteiger partial charge in [-0.25, -0.2) is 0 Å². The lowest BCUT2D eigenvalue weighted by atomic mass is 10.2. The zero-order chi connectivity index (χ0) is 8.49. The fraction of sp³-hybridized carbons (Fsp3) is 0.167. The second-order valence-corrected chi connectivity index (χ2v) is 2.49.